The summed E-state index contributed by atoms with van der Waals surface area (Å²) < 4.78 is 36.0. The summed E-state index contributed by atoms with van der Waals surface area (Å²) in [7, 11) is 0. The molecule has 1 atom stereocenters. The average Bonchev–Trinajstić information content (AvgIpc) is 1.86. The number of rotatable bonds is 2. The molecule has 0 radical (unpaired) electrons. The van der Waals surface area contributed by atoms with E-state index in [1.807, 2.05) is 0 Å². The molecule has 0 bridgehead atoms. The average molecular weight is 151 g/mol. The maximum Gasteiger partial charge on any atom is 0.247 e. The quantitative estimate of drug-likeness (QED) is 0.593. The molecule has 0 saturated heterocycles. The van der Waals surface area contributed by atoms with Crippen molar-refractivity contribution in [3.8, 4) is 6.07 Å². The Balaban J connectivity index is 4.27. The van der Waals surface area contributed by atoms with E-state index < -0.39 is 18.0 Å². The highest BCUT2D eigenvalue weighted by atomic mass is 19.3. The zero-order valence-corrected chi connectivity index (χ0v) is 5.74. The van der Waals surface area contributed by atoms with Gasteiger partial charge in [-0.1, -0.05) is 13.8 Å². The van der Waals surface area contributed by atoms with Crippen molar-refractivity contribution in [3.63, 3.8) is 0 Å². The fourth-order valence-electron chi connectivity index (χ4n) is 0.277. The van der Waals surface area contributed by atoms with Gasteiger partial charge in [-0.2, -0.15) is 5.26 Å². The monoisotopic (exact) mass is 151 g/mol. The second-order valence-electron chi connectivity index (χ2n) is 2.61. The molecule has 0 saturated carbocycles. The second kappa shape index (κ2) is 2.91. The molecule has 10 heavy (non-hydrogen) atoms. The van der Waals surface area contributed by atoms with Gasteiger partial charge in [0.15, 0.2) is 6.17 Å². The Morgan fingerprint density at radius 1 is 1.30 bits per heavy atom. The van der Waals surface area contributed by atoms with Crippen LogP contribution < -0.4 is 0 Å². The molecule has 0 aromatic rings. The van der Waals surface area contributed by atoms with E-state index in [0.29, 0.717) is 0 Å². The van der Waals surface area contributed by atoms with Gasteiger partial charge in [-0.25, -0.2) is 13.2 Å². The van der Waals surface area contributed by atoms with E-state index in [0.717, 1.165) is 19.9 Å². The molecule has 0 aromatic heterocycles. The van der Waals surface area contributed by atoms with Gasteiger partial charge in [0.1, 0.15) is 6.07 Å². The molecule has 1 nitrogen and oxygen atoms in total. The van der Waals surface area contributed by atoms with Gasteiger partial charge in [0, 0.05) is 0 Å². The van der Waals surface area contributed by atoms with Crippen LogP contribution in [0.1, 0.15) is 13.8 Å². The summed E-state index contributed by atoms with van der Waals surface area (Å²) in [5, 5.41) is 7.96. The van der Waals surface area contributed by atoms with Gasteiger partial charge >= 0.3 is 0 Å². The molecule has 0 fully saturated rings. The fraction of sp³-hybridized carbons (Fsp3) is 0.833. The van der Waals surface area contributed by atoms with E-state index in [2.05, 4.69) is 0 Å². The summed E-state index contributed by atoms with van der Waals surface area (Å²) in [6.07, 6.45) is -4.91. The molecule has 0 aliphatic heterocycles. The first-order valence-corrected chi connectivity index (χ1v) is 2.74. The Morgan fingerprint density at radius 3 is 1.80 bits per heavy atom. The van der Waals surface area contributed by atoms with Crippen LogP contribution in [0.2, 0.25) is 0 Å². The zero-order chi connectivity index (χ0) is 8.36. The molecule has 0 aliphatic carbocycles. The van der Waals surface area contributed by atoms with Crippen LogP contribution in [0.4, 0.5) is 13.2 Å². The Morgan fingerprint density at radius 2 is 1.70 bits per heavy atom. The van der Waals surface area contributed by atoms with Gasteiger partial charge in [-0.3, -0.25) is 0 Å². The molecular formula is C6H8F3N. The normalized spacial score (nSPS) is 14.9. The Hall–Kier alpha value is -0.720. The predicted octanol–water partition coefficient (Wildman–Crippen LogP) is 2.14. The first-order chi connectivity index (χ1) is 4.42. The van der Waals surface area contributed by atoms with Gasteiger partial charge in [0.2, 0.25) is 6.43 Å². The lowest BCUT2D eigenvalue weighted by Crippen LogP contribution is -2.31. The first kappa shape index (κ1) is 9.28. The van der Waals surface area contributed by atoms with E-state index >= 15 is 0 Å². The molecule has 1 unspecified atom stereocenters. The molecule has 0 aliphatic rings. The van der Waals surface area contributed by atoms with Crippen LogP contribution in [0.3, 0.4) is 0 Å². The predicted molar refractivity (Wildman–Crippen MR) is 30.3 cm³/mol. The standard InChI is InChI=1S/C6H8F3N/c1-6(2,5(8)9)4(7)3-10/h4-5H,1-2H3. The maximum absolute atomic E-state index is 12.3. The number of nitrogens with zero attached hydrogens (tertiary/aromatic N) is 1. The number of halogens is 3. The van der Waals surface area contributed by atoms with Crippen LogP contribution in [0, 0.1) is 16.7 Å². The van der Waals surface area contributed by atoms with Gasteiger partial charge in [-0.15, -0.1) is 0 Å². The van der Waals surface area contributed by atoms with Crippen molar-refractivity contribution in [2.24, 2.45) is 5.41 Å². The highest BCUT2D eigenvalue weighted by Crippen LogP contribution is 2.30. The Labute approximate surface area is 57.5 Å². The Kier molecular flexibility index (Phi) is 2.70. The van der Waals surface area contributed by atoms with Crippen molar-refractivity contribution in [1.29, 1.82) is 5.26 Å². The first-order valence-electron chi connectivity index (χ1n) is 2.74. The number of nitriles is 1. The van der Waals surface area contributed by atoms with Crippen molar-refractivity contribution in [3.05, 3.63) is 0 Å². The van der Waals surface area contributed by atoms with E-state index in [1.165, 1.54) is 0 Å². The van der Waals surface area contributed by atoms with Crippen LogP contribution in [0.25, 0.3) is 0 Å². The number of hydrogen-bond donors (Lipinski definition) is 0. The van der Waals surface area contributed by atoms with E-state index in [1.54, 1.807) is 0 Å². The van der Waals surface area contributed by atoms with E-state index in [9.17, 15) is 13.2 Å². The lowest BCUT2D eigenvalue weighted by molar-refractivity contribution is -0.0165. The maximum atomic E-state index is 12.3. The topological polar surface area (TPSA) is 23.8 Å². The third-order valence-corrected chi connectivity index (χ3v) is 1.33. The minimum absolute atomic E-state index is 1.02. The van der Waals surface area contributed by atoms with Crippen molar-refractivity contribution in [1.82, 2.24) is 0 Å². The van der Waals surface area contributed by atoms with Gasteiger partial charge in [0.05, 0.1) is 5.41 Å². The number of alkyl halides is 3. The molecule has 4 heteroatoms. The summed E-state index contributed by atoms with van der Waals surface area (Å²) in [6.45, 7) is 2.04. The molecule has 0 heterocycles. The molecule has 0 spiro atoms. The minimum Gasteiger partial charge on any atom is -0.230 e. The zero-order valence-electron chi connectivity index (χ0n) is 5.74. The highest BCUT2D eigenvalue weighted by Gasteiger charge is 2.38. The molecule has 0 amide bonds. The summed E-state index contributed by atoms with van der Waals surface area (Å²) >= 11 is 0. The van der Waals surface area contributed by atoms with Crippen LogP contribution in [0.5, 0.6) is 0 Å². The fourth-order valence-corrected chi connectivity index (χ4v) is 0.277. The smallest absolute Gasteiger partial charge is 0.230 e. The Bertz CT molecular complexity index is 148. The van der Waals surface area contributed by atoms with Crippen molar-refractivity contribution in [2.75, 3.05) is 0 Å². The summed E-state index contributed by atoms with van der Waals surface area (Å²) in [5.41, 5.74) is -1.85. The largest absolute Gasteiger partial charge is 0.247 e. The number of hydrogen-bond acceptors (Lipinski definition) is 1. The highest BCUT2D eigenvalue weighted by molar-refractivity contribution is 4.95. The third kappa shape index (κ3) is 1.63. The van der Waals surface area contributed by atoms with Crippen molar-refractivity contribution < 1.29 is 13.2 Å². The van der Waals surface area contributed by atoms with Crippen LogP contribution in [-0.2, 0) is 0 Å². The minimum atomic E-state index is -2.80. The molecule has 58 valence electrons. The molecular weight excluding hydrogens is 143 g/mol. The van der Waals surface area contributed by atoms with Crippen molar-refractivity contribution >= 4 is 0 Å². The van der Waals surface area contributed by atoms with Crippen LogP contribution in [-0.4, -0.2) is 12.6 Å². The summed E-state index contributed by atoms with van der Waals surface area (Å²) in [5.74, 6) is 0. The molecule has 0 rings (SSSR count). The second-order valence-corrected chi connectivity index (χ2v) is 2.61. The van der Waals surface area contributed by atoms with Gasteiger partial charge in [0.25, 0.3) is 0 Å². The van der Waals surface area contributed by atoms with E-state index in [4.69, 9.17) is 5.26 Å². The third-order valence-electron chi connectivity index (χ3n) is 1.33. The van der Waals surface area contributed by atoms with E-state index in [-0.39, 0.29) is 0 Å². The summed E-state index contributed by atoms with van der Waals surface area (Å²) in [6, 6.07) is 1.14. The summed E-state index contributed by atoms with van der Waals surface area (Å²) in [4.78, 5) is 0. The van der Waals surface area contributed by atoms with Gasteiger partial charge < -0.3 is 0 Å². The van der Waals surface area contributed by atoms with Gasteiger partial charge in [-0.05, 0) is 0 Å². The molecule has 0 aromatic carbocycles. The molecule has 0 N–H and O–H groups in total. The lowest BCUT2D eigenvalue weighted by Gasteiger charge is -2.22. The van der Waals surface area contributed by atoms with Crippen LogP contribution >= 0.6 is 0 Å². The van der Waals surface area contributed by atoms with Crippen LogP contribution in [0.15, 0.2) is 0 Å². The van der Waals surface area contributed by atoms with Crippen molar-refractivity contribution in [2.45, 2.75) is 26.4 Å². The lowest BCUT2D eigenvalue weighted by atomic mass is 9.89. The SMILES string of the molecule is CC(C)(C(F)F)C(F)C#N.